The number of piperidine rings is 1. The van der Waals surface area contributed by atoms with E-state index in [0.717, 1.165) is 26.2 Å². The Hall–Kier alpha value is -0.120. The fourth-order valence-corrected chi connectivity index (χ4v) is 2.87. The molecule has 0 bridgehead atoms. The van der Waals surface area contributed by atoms with Crippen molar-refractivity contribution in [3.8, 4) is 0 Å². The molecular formula is C16H34N2O. The minimum Gasteiger partial charge on any atom is -0.380 e. The topological polar surface area (TPSA) is 24.5 Å². The highest BCUT2D eigenvalue weighted by molar-refractivity contribution is 4.94. The second-order valence-corrected chi connectivity index (χ2v) is 6.28. The van der Waals surface area contributed by atoms with Gasteiger partial charge in [-0.1, -0.05) is 20.3 Å². The van der Waals surface area contributed by atoms with Gasteiger partial charge >= 0.3 is 0 Å². The molecule has 1 rings (SSSR count). The van der Waals surface area contributed by atoms with Gasteiger partial charge in [0.15, 0.2) is 0 Å². The minimum atomic E-state index is 0.184. The van der Waals surface area contributed by atoms with Gasteiger partial charge in [-0.25, -0.2) is 0 Å². The van der Waals surface area contributed by atoms with E-state index in [1.54, 1.807) is 0 Å². The normalized spacial score (nSPS) is 19.6. The quantitative estimate of drug-likeness (QED) is 0.652. The van der Waals surface area contributed by atoms with E-state index >= 15 is 0 Å². The van der Waals surface area contributed by atoms with Crippen molar-refractivity contribution in [3.63, 3.8) is 0 Å². The summed E-state index contributed by atoms with van der Waals surface area (Å²) in [6, 6.07) is 0.428. The Morgan fingerprint density at radius 1 is 1.11 bits per heavy atom. The lowest BCUT2D eigenvalue weighted by atomic mass is 9.90. The van der Waals surface area contributed by atoms with Gasteiger partial charge in [-0.3, -0.25) is 4.90 Å². The molecule has 1 atom stereocenters. The summed E-state index contributed by atoms with van der Waals surface area (Å²) in [6.45, 7) is 14.4. The molecule has 3 heteroatoms. The lowest BCUT2D eigenvalue weighted by Crippen LogP contribution is -2.60. The molecule has 0 aromatic carbocycles. The van der Waals surface area contributed by atoms with Gasteiger partial charge in [0.2, 0.25) is 0 Å². The summed E-state index contributed by atoms with van der Waals surface area (Å²) in [5, 5.41) is 3.70. The fraction of sp³-hybridized carbons (Fsp3) is 1.00. The van der Waals surface area contributed by atoms with E-state index in [9.17, 15) is 0 Å². The van der Waals surface area contributed by atoms with Crippen LogP contribution < -0.4 is 5.32 Å². The molecule has 0 aromatic heterocycles. The second-order valence-electron chi connectivity index (χ2n) is 6.28. The highest BCUT2D eigenvalue weighted by Gasteiger charge is 2.35. The van der Waals surface area contributed by atoms with Crippen LogP contribution in [0, 0.1) is 0 Å². The largest absolute Gasteiger partial charge is 0.380 e. The zero-order chi connectivity index (χ0) is 14.1. The van der Waals surface area contributed by atoms with Gasteiger partial charge in [0.05, 0.1) is 6.61 Å². The van der Waals surface area contributed by atoms with Crippen molar-refractivity contribution in [1.29, 1.82) is 0 Å². The van der Waals surface area contributed by atoms with E-state index < -0.39 is 0 Å². The molecule has 1 aliphatic rings. The van der Waals surface area contributed by atoms with Crippen LogP contribution in [0.1, 0.15) is 59.8 Å². The van der Waals surface area contributed by atoms with Crippen LogP contribution in [-0.4, -0.2) is 49.3 Å². The molecule has 1 fully saturated rings. The minimum absolute atomic E-state index is 0.184. The molecule has 0 amide bonds. The molecule has 1 aliphatic heterocycles. The maximum atomic E-state index is 5.83. The zero-order valence-electron chi connectivity index (χ0n) is 13.5. The Balaban J connectivity index is 2.57. The first-order valence-electron chi connectivity index (χ1n) is 8.19. The Morgan fingerprint density at radius 3 is 2.37 bits per heavy atom. The summed E-state index contributed by atoms with van der Waals surface area (Å²) < 4.78 is 5.83. The lowest BCUT2D eigenvalue weighted by molar-refractivity contribution is 0.0156. The van der Waals surface area contributed by atoms with Crippen molar-refractivity contribution in [2.45, 2.75) is 71.4 Å². The molecule has 0 radical (unpaired) electrons. The van der Waals surface area contributed by atoms with Crippen LogP contribution in [0.3, 0.4) is 0 Å². The molecule has 0 spiro atoms. The fourth-order valence-electron chi connectivity index (χ4n) is 2.87. The van der Waals surface area contributed by atoms with Crippen molar-refractivity contribution >= 4 is 0 Å². The van der Waals surface area contributed by atoms with Crippen molar-refractivity contribution in [3.05, 3.63) is 0 Å². The molecular weight excluding hydrogens is 236 g/mol. The average molecular weight is 270 g/mol. The van der Waals surface area contributed by atoms with Crippen molar-refractivity contribution < 1.29 is 4.74 Å². The van der Waals surface area contributed by atoms with Crippen LogP contribution in [-0.2, 0) is 4.74 Å². The van der Waals surface area contributed by atoms with Gasteiger partial charge < -0.3 is 10.1 Å². The molecule has 19 heavy (non-hydrogen) atoms. The molecule has 114 valence electrons. The molecule has 0 saturated carbocycles. The Kier molecular flexibility index (Phi) is 7.96. The van der Waals surface area contributed by atoms with Crippen LogP contribution in [0.2, 0.25) is 0 Å². The van der Waals surface area contributed by atoms with Crippen LogP contribution in [0.25, 0.3) is 0 Å². The highest BCUT2D eigenvalue weighted by Crippen LogP contribution is 2.24. The monoisotopic (exact) mass is 270 g/mol. The first kappa shape index (κ1) is 16.9. The Bertz CT molecular complexity index is 225. The molecule has 0 aromatic rings. The maximum absolute atomic E-state index is 5.83. The van der Waals surface area contributed by atoms with Gasteiger partial charge in [0.1, 0.15) is 0 Å². The summed E-state index contributed by atoms with van der Waals surface area (Å²) in [4.78, 5) is 2.65. The first-order valence-corrected chi connectivity index (χ1v) is 8.19. The van der Waals surface area contributed by atoms with E-state index in [4.69, 9.17) is 4.74 Å². The van der Waals surface area contributed by atoms with Gasteiger partial charge in [-0.2, -0.15) is 0 Å². The van der Waals surface area contributed by atoms with E-state index in [2.05, 4.69) is 37.9 Å². The van der Waals surface area contributed by atoms with Crippen LogP contribution >= 0.6 is 0 Å². The Labute approximate surface area is 120 Å². The van der Waals surface area contributed by atoms with Crippen LogP contribution in [0.4, 0.5) is 0 Å². The van der Waals surface area contributed by atoms with Gasteiger partial charge in [-0.05, 0) is 59.2 Å². The highest BCUT2D eigenvalue weighted by atomic mass is 16.5. The first-order chi connectivity index (χ1) is 9.12. The third-order valence-electron chi connectivity index (χ3n) is 4.30. The SMILES string of the molecule is CCCNC(COCCC)C(C)(C)N1CCCCC1. The molecule has 1 unspecified atom stereocenters. The van der Waals surface area contributed by atoms with Crippen molar-refractivity contribution in [2.24, 2.45) is 0 Å². The van der Waals surface area contributed by atoms with Crippen LogP contribution in [0.5, 0.6) is 0 Å². The maximum Gasteiger partial charge on any atom is 0.0637 e. The molecule has 0 aliphatic carbocycles. The summed E-state index contributed by atoms with van der Waals surface area (Å²) in [5.41, 5.74) is 0.184. The van der Waals surface area contributed by atoms with E-state index in [-0.39, 0.29) is 5.54 Å². The van der Waals surface area contributed by atoms with Crippen LogP contribution in [0.15, 0.2) is 0 Å². The van der Waals surface area contributed by atoms with Gasteiger partial charge in [0.25, 0.3) is 0 Å². The van der Waals surface area contributed by atoms with Gasteiger partial charge in [-0.15, -0.1) is 0 Å². The third-order valence-corrected chi connectivity index (χ3v) is 4.30. The zero-order valence-corrected chi connectivity index (χ0v) is 13.5. The number of ether oxygens (including phenoxy) is 1. The summed E-state index contributed by atoms with van der Waals surface area (Å²) in [5.74, 6) is 0. The predicted molar refractivity (Wildman–Crippen MR) is 82.7 cm³/mol. The number of hydrogen-bond donors (Lipinski definition) is 1. The Morgan fingerprint density at radius 2 is 1.79 bits per heavy atom. The van der Waals surface area contributed by atoms with E-state index in [1.165, 1.54) is 38.8 Å². The number of nitrogens with zero attached hydrogens (tertiary/aromatic N) is 1. The number of rotatable bonds is 9. The van der Waals surface area contributed by atoms with Crippen molar-refractivity contribution in [1.82, 2.24) is 10.2 Å². The molecule has 3 nitrogen and oxygen atoms in total. The van der Waals surface area contributed by atoms with Crippen molar-refractivity contribution in [2.75, 3.05) is 32.8 Å². The van der Waals surface area contributed by atoms with E-state index in [0.29, 0.717) is 6.04 Å². The molecule has 1 N–H and O–H groups in total. The number of hydrogen-bond acceptors (Lipinski definition) is 3. The predicted octanol–water partition coefficient (Wildman–Crippen LogP) is 3.05. The second kappa shape index (κ2) is 8.93. The third kappa shape index (κ3) is 5.41. The standard InChI is InChI=1S/C16H34N2O/c1-5-10-17-15(14-19-13-6-2)16(3,4)18-11-8-7-9-12-18/h15,17H,5-14H2,1-4H3. The number of nitrogens with one attached hydrogen (secondary N) is 1. The summed E-state index contributed by atoms with van der Waals surface area (Å²) >= 11 is 0. The summed E-state index contributed by atoms with van der Waals surface area (Å²) in [6.07, 6.45) is 6.37. The molecule has 1 heterocycles. The van der Waals surface area contributed by atoms with E-state index in [1.807, 2.05) is 0 Å². The van der Waals surface area contributed by atoms with Gasteiger partial charge in [0, 0.05) is 18.2 Å². The average Bonchev–Trinajstić information content (AvgIpc) is 2.43. The summed E-state index contributed by atoms with van der Waals surface area (Å²) in [7, 11) is 0. The lowest BCUT2D eigenvalue weighted by Gasteiger charge is -2.46. The number of likely N-dealkylation sites (tertiary alicyclic amines) is 1. The molecule has 1 saturated heterocycles. The smallest absolute Gasteiger partial charge is 0.0637 e.